The van der Waals surface area contributed by atoms with Crippen LogP contribution in [0.1, 0.15) is 16.8 Å². The van der Waals surface area contributed by atoms with Crippen molar-refractivity contribution in [3.05, 3.63) is 54.5 Å². The van der Waals surface area contributed by atoms with Crippen LogP contribution in [0.25, 0.3) is 16.6 Å². The molecule has 0 radical (unpaired) electrons. The Morgan fingerprint density at radius 1 is 1.23 bits per heavy atom. The normalized spacial score (nSPS) is 17.2. The number of aromatic nitrogens is 5. The van der Waals surface area contributed by atoms with Crippen LogP contribution in [-0.4, -0.2) is 49.8 Å². The van der Waals surface area contributed by atoms with E-state index in [1.165, 1.54) is 0 Å². The van der Waals surface area contributed by atoms with E-state index < -0.39 is 0 Å². The largest absolute Gasteiger partial charge is 0.360 e. The molecule has 0 bridgehead atoms. The van der Waals surface area contributed by atoms with Crippen LogP contribution in [0.5, 0.6) is 0 Å². The first-order valence-electron chi connectivity index (χ1n) is 8.57. The summed E-state index contributed by atoms with van der Waals surface area (Å²) >= 11 is 0. The summed E-state index contributed by atoms with van der Waals surface area (Å²) in [4.78, 5) is 18.0. The quantitative estimate of drug-likeness (QED) is 0.588. The summed E-state index contributed by atoms with van der Waals surface area (Å²) in [7, 11) is 0. The number of hydrogen-bond donors (Lipinski definition) is 2. The topological polar surface area (TPSA) is 91.2 Å². The molecule has 2 N–H and O–H groups in total. The molecule has 4 heterocycles. The van der Waals surface area contributed by atoms with E-state index in [1.807, 2.05) is 36.4 Å². The lowest BCUT2D eigenvalue weighted by Crippen LogP contribution is -2.37. The maximum absolute atomic E-state index is 12.7. The van der Waals surface area contributed by atoms with E-state index in [9.17, 15) is 4.79 Å². The number of carbonyl (C=O) groups excluding carboxylic acids is 1. The van der Waals surface area contributed by atoms with Crippen molar-refractivity contribution >= 4 is 28.3 Å². The molecular weight excluding hydrogens is 330 g/mol. The third-order valence-corrected chi connectivity index (χ3v) is 4.83. The molecule has 1 saturated heterocycles. The zero-order chi connectivity index (χ0) is 17.5. The highest BCUT2D eigenvalue weighted by atomic mass is 16.1. The molecule has 0 aliphatic carbocycles. The van der Waals surface area contributed by atoms with Gasteiger partial charge >= 0.3 is 0 Å². The molecule has 1 aliphatic heterocycles. The van der Waals surface area contributed by atoms with Crippen molar-refractivity contribution < 1.29 is 4.79 Å². The van der Waals surface area contributed by atoms with Gasteiger partial charge in [-0.15, -0.1) is 15.3 Å². The highest BCUT2D eigenvalue weighted by Gasteiger charge is 2.26. The van der Waals surface area contributed by atoms with E-state index in [0.717, 1.165) is 41.9 Å². The standard InChI is InChI=1S/C18H17N7O/c26-18(14-9-19-15-4-2-1-3-13(14)15)21-12-7-8-24(10-12)17-6-5-16-22-20-11-25(16)23-17/h1-6,9,11-12,19H,7-8,10H2,(H,21,26)/t12-/m1/s1. The molecule has 4 aromatic rings. The van der Waals surface area contributed by atoms with E-state index in [0.29, 0.717) is 5.56 Å². The van der Waals surface area contributed by atoms with Crippen molar-refractivity contribution in [3.8, 4) is 0 Å². The average molecular weight is 347 g/mol. The van der Waals surface area contributed by atoms with Gasteiger partial charge in [0.15, 0.2) is 5.65 Å². The third kappa shape index (κ3) is 2.46. The molecule has 0 unspecified atom stereocenters. The fourth-order valence-corrected chi connectivity index (χ4v) is 3.50. The van der Waals surface area contributed by atoms with Gasteiger partial charge in [0.25, 0.3) is 5.91 Å². The number of fused-ring (bicyclic) bond motifs is 2. The Morgan fingerprint density at radius 3 is 3.12 bits per heavy atom. The number of para-hydroxylation sites is 1. The van der Waals surface area contributed by atoms with E-state index in [1.54, 1.807) is 17.0 Å². The summed E-state index contributed by atoms with van der Waals surface area (Å²) in [5.74, 6) is 0.817. The average Bonchev–Trinajstić information content (AvgIpc) is 3.39. The van der Waals surface area contributed by atoms with Crippen molar-refractivity contribution in [2.75, 3.05) is 18.0 Å². The van der Waals surface area contributed by atoms with Crippen LogP contribution in [0.4, 0.5) is 5.82 Å². The smallest absolute Gasteiger partial charge is 0.253 e. The zero-order valence-corrected chi connectivity index (χ0v) is 14.0. The molecule has 8 heteroatoms. The minimum atomic E-state index is -0.0449. The van der Waals surface area contributed by atoms with Gasteiger partial charge in [-0.1, -0.05) is 18.2 Å². The van der Waals surface area contributed by atoms with Gasteiger partial charge in [-0.05, 0) is 24.6 Å². The molecule has 1 amide bonds. The predicted molar refractivity (Wildman–Crippen MR) is 97.2 cm³/mol. The van der Waals surface area contributed by atoms with Crippen molar-refractivity contribution in [2.45, 2.75) is 12.5 Å². The van der Waals surface area contributed by atoms with Crippen LogP contribution >= 0.6 is 0 Å². The van der Waals surface area contributed by atoms with Gasteiger partial charge < -0.3 is 15.2 Å². The van der Waals surface area contributed by atoms with Gasteiger partial charge in [-0.3, -0.25) is 4.79 Å². The highest BCUT2D eigenvalue weighted by molar-refractivity contribution is 6.06. The minimum absolute atomic E-state index is 0.0449. The molecule has 26 heavy (non-hydrogen) atoms. The molecular formula is C18H17N7O. The molecule has 0 spiro atoms. The number of amides is 1. The Labute approximate surface area is 148 Å². The first kappa shape index (κ1) is 14.9. The number of nitrogens with one attached hydrogen (secondary N) is 2. The SMILES string of the molecule is O=C(N[C@@H]1CCN(c2ccc3nncn3n2)C1)c1c[nH]c2ccccc12. The number of anilines is 1. The van der Waals surface area contributed by atoms with E-state index in [4.69, 9.17) is 0 Å². The van der Waals surface area contributed by atoms with Crippen molar-refractivity contribution in [1.82, 2.24) is 30.1 Å². The summed E-state index contributed by atoms with van der Waals surface area (Å²) in [5, 5.41) is 16.4. The molecule has 1 fully saturated rings. The van der Waals surface area contributed by atoms with E-state index in [2.05, 4.69) is 30.5 Å². The lowest BCUT2D eigenvalue weighted by atomic mass is 10.1. The van der Waals surface area contributed by atoms with Crippen molar-refractivity contribution in [3.63, 3.8) is 0 Å². The summed E-state index contributed by atoms with van der Waals surface area (Å²) in [6.07, 6.45) is 4.25. The summed E-state index contributed by atoms with van der Waals surface area (Å²) in [5.41, 5.74) is 2.37. The fourth-order valence-electron chi connectivity index (χ4n) is 3.50. The number of nitrogens with zero attached hydrogens (tertiary/aromatic N) is 5. The Morgan fingerprint density at radius 2 is 2.15 bits per heavy atom. The maximum atomic E-state index is 12.7. The number of rotatable bonds is 3. The molecule has 1 atom stereocenters. The molecule has 1 aliphatic rings. The molecule has 0 saturated carbocycles. The Bertz CT molecular complexity index is 1100. The Kier molecular flexibility index (Phi) is 3.34. The second-order valence-electron chi connectivity index (χ2n) is 6.48. The van der Waals surface area contributed by atoms with E-state index >= 15 is 0 Å². The monoisotopic (exact) mass is 347 g/mol. The molecule has 1 aromatic carbocycles. The second-order valence-corrected chi connectivity index (χ2v) is 6.48. The number of carbonyl (C=O) groups is 1. The second kappa shape index (κ2) is 5.83. The molecule has 130 valence electrons. The lowest BCUT2D eigenvalue weighted by molar-refractivity contribution is 0.0942. The Balaban J connectivity index is 1.30. The van der Waals surface area contributed by atoms with Gasteiger partial charge in [-0.2, -0.15) is 4.52 Å². The van der Waals surface area contributed by atoms with Gasteiger partial charge in [0.05, 0.1) is 5.56 Å². The predicted octanol–water partition coefficient (Wildman–Crippen LogP) is 1.61. The summed E-state index contributed by atoms with van der Waals surface area (Å²) < 4.78 is 1.66. The molecule has 3 aromatic heterocycles. The van der Waals surface area contributed by atoms with Crippen LogP contribution in [0, 0.1) is 0 Å². The van der Waals surface area contributed by atoms with Gasteiger partial charge in [0, 0.05) is 36.2 Å². The minimum Gasteiger partial charge on any atom is -0.360 e. The molecule has 5 rings (SSSR count). The highest BCUT2D eigenvalue weighted by Crippen LogP contribution is 2.20. The first-order chi connectivity index (χ1) is 12.8. The first-order valence-corrected chi connectivity index (χ1v) is 8.57. The fraction of sp³-hybridized carbons (Fsp3) is 0.222. The number of aromatic amines is 1. The van der Waals surface area contributed by atoms with Gasteiger partial charge in [0.1, 0.15) is 12.1 Å². The summed E-state index contributed by atoms with van der Waals surface area (Å²) in [6, 6.07) is 11.7. The Hall–Kier alpha value is -3.42. The summed E-state index contributed by atoms with van der Waals surface area (Å²) in [6.45, 7) is 1.58. The van der Waals surface area contributed by atoms with Crippen LogP contribution in [-0.2, 0) is 0 Å². The van der Waals surface area contributed by atoms with Gasteiger partial charge in [-0.25, -0.2) is 0 Å². The van der Waals surface area contributed by atoms with Crippen LogP contribution < -0.4 is 10.2 Å². The van der Waals surface area contributed by atoms with Gasteiger partial charge in [0.2, 0.25) is 0 Å². The number of hydrogen-bond acceptors (Lipinski definition) is 5. The van der Waals surface area contributed by atoms with Crippen molar-refractivity contribution in [1.29, 1.82) is 0 Å². The van der Waals surface area contributed by atoms with E-state index in [-0.39, 0.29) is 11.9 Å². The van der Waals surface area contributed by atoms with Crippen molar-refractivity contribution in [2.24, 2.45) is 0 Å². The maximum Gasteiger partial charge on any atom is 0.253 e. The lowest BCUT2D eigenvalue weighted by Gasteiger charge is -2.17. The van der Waals surface area contributed by atoms with Crippen LogP contribution in [0.15, 0.2) is 48.9 Å². The third-order valence-electron chi connectivity index (χ3n) is 4.83. The molecule has 8 nitrogen and oxygen atoms in total. The van der Waals surface area contributed by atoms with Crippen LogP contribution in [0.2, 0.25) is 0 Å². The van der Waals surface area contributed by atoms with Crippen LogP contribution in [0.3, 0.4) is 0 Å². The number of H-pyrrole nitrogens is 1. The zero-order valence-electron chi connectivity index (χ0n) is 14.0. The number of benzene rings is 1.